The van der Waals surface area contributed by atoms with Crippen LogP contribution in [0.15, 0.2) is 146 Å². The van der Waals surface area contributed by atoms with Crippen LogP contribution < -0.4 is 0 Å². The van der Waals surface area contributed by atoms with Gasteiger partial charge in [0.15, 0.2) is 0 Å². The van der Waals surface area contributed by atoms with Crippen molar-refractivity contribution < 1.29 is 0 Å². The minimum absolute atomic E-state index is 1.16. The molecule has 0 aliphatic heterocycles. The molecule has 194 valence electrons. The fourth-order valence-corrected chi connectivity index (χ4v) is 6.42. The quantitative estimate of drug-likeness (QED) is 0.203. The highest BCUT2D eigenvalue weighted by molar-refractivity contribution is 6.19. The van der Waals surface area contributed by atoms with Crippen LogP contribution in [0.3, 0.4) is 0 Å². The van der Waals surface area contributed by atoms with E-state index in [1.165, 1.54) is 65.6 Å². The fraction of sp³-hybridized carbons (Fsp3) is 0.0256. The van der Waals surface area contributed by atoms with Crippen LogP contribution in [0, 0.1) is 0 Å². The van der Waals surface area contributed by atoms with Crippen LogP contribution in [0.4, 0.5) is 0 Å². The Morgan fingerprint density at radius 1 is 0.463 bits per heavy atom. The molecule has 0 N–H and O–H groups in total. The molecule has 6 aromatic carbocycles. The predicted molar refractivity (Wildman–Crippen MR) is 176 cm³/mol. The van der Waals surface area contributed by atoms with Crippen LogP contribution >= 0.6 is 0 Å². The Morgan fingerprint density at radius 3 is 1.83 bits per heavy atom. The zero-order valence-electron chi connectivity index (χ0n) is 22.8. The molecule has 8 aromatic rings. The number of para-hydroxylation sites is 2. The third-order valence-corrected chi connectivity index (χ3v) is 8.19. The summed E-state index contributed by atoms with van der Waals surface area (Å²) in [6.45, 7) is 2.04. The molecule has 0 unspecified atom stereocenters. The maximum absolute atomic E-state index is 2.45. The molecule has 2 aromatic heterocycles. The van der Waals surface area contributed by atoms with E-state index >= 15 is 0 Å². The first-order valence-corrected chi connectivity index (χ1v) is 14.2. The molecule has 8 rings (SSSR count). The van der Waals surface area contributed by atoms with Crippen LogP contribution in [0.5, 0.6) is 0 Å². The van der Waals surface area contributed by atoms with Crippen molar-refractivity contribution in [3.8, 4) is 11.4 Å². The summed E-state index contributed by atoms with van der Waals surface area (Å²) in [6.07, 6.45) is 8.37. The van der Waals surface area contributed by atoms with Crippen LogP contribution in [0.1, 0.15) is 12.5 Å². The smallest absolute Gasteiger partial charge is 0.0549 e. The Bertz CT molecular complexity index is 2320. The van der Waals surface area contributed by atoms with Crippen LogP contribution in [-0.4, -0.2) is 9.13 Å². The van der Waals surface area contributed by atoms with E-state index in [1.807, 2.05) is 13.0 Å². The first-order valence-electron chi connectivity index (χ1n) is 14.2. The summed E-state index contributed by atoms with van der Waals surface area (Å²) >= 11 is 0. The molecule has 0 spiro atoms. The van der Waals surface area contributed by atoms with Crippen molar-refractivity contribution in [2.75, 3.05) is 0 Å². The van der Waals surface area contributed by atoms with Gasteiger partial charge in [-0.2, -0.15) is 0 Å². The molecule has 2 heteroatoms. The fourth-order valence-electron chi connectivity index (χ4n) is 6.42. The van der Waals surface area contributed by atoms with Gasteiger partial charge >= 0.3 is 0 Å². The van der Waals surface area contributed by atoms with E-state index in [4.69, 9.17) is 0 Å². The molecule has 2 nitrogen and oxygen atoms in total. The summed E-state index contributed by atoms with van der Waals surface area (Å²) in [5.41, 5.74) is 8.42. The number of benzene rings is 6. The lowest BCUT2D eigenvalue weighted by Crippen LogP contribution is -1.96. The molecule has 0 atom stereocenters. The number of nitrogens with zero attached hydrogens (tertiary/aromatic N) is 2. The lowest BCUT2D eigenvalue weighted by Gasteiger charge is -2.12. The van der Waals surface area contributed by atoms with Crippen molar-refractivity contribution in [3.05, 3.63) is 151 Å². The number of hydrogen-bond acceptors (Lipinski definition) is 0. The van der Waals surface area contributed by atoms with E-state index in [2.05, 4.69) is 155 Å². The highest BCUT2D eigenvalue weighted by atomic mass is 15.0. The second-order valence-corrected chi connectivity index (χ2v) is 10.6. The van der Waals surface area contributed by atoms with Crippen molar-refractivity contribution in [1.82, 2.24) is 9.13 Å². The zero-order valence-corrected chi connectivity index (χ0v) is 22.8. The van der Waals surface area contributed by atoms with Gasteiger partial charge in [0.1, 0.15) is 0 Å². The third kappa shape index (κ3) is 3.65. The van der Waals surface area contributed by atoms with Gasteiger partial charge < -0.3 is 9.13 Å². The molecule has 0 fully saturated rings. The largest absolute Gasteiger partial charge is 0.309 e. The van der Waals surface area contributed by atoms with Gasteiger partial charge in [0.25, 0.3) is 0 Å². The van der Waals surface area contributed by atoms with Crippen molar-refractivity contribution in [2.45, 2.75) is 6.92 Å². The van der Waals surface area contributed by atoms with Crippen LogP contribution in [-0.2, 0) is 0 Å². The van der Waals surface area contributed by atoms with E-state index in [0.29, 0.717) is 0 Å². The minimum atomic E-state index is 1.16. The molecule has 0 radical (unpaired) electrons. The molecular weight excluding hydrogens is 496 g/mol. The normalized spacial score (nSPS) is 12.3. The molecule has 0 saturated carbocycles. The Balaban J connectivity index is 1.49. The minimum Gasteiger partial charge on any atom is -0.309 e. The summed E-state index contributed by atoms with van der Waals surface area (Å²) in [4.78, 5) is 0. The maximum Gasteiger partial charge on any atom is 0.0549 e. The topological polar surface area (TPSA) is 9.86 Å². The Labute approximate surface area is 238 Å². The number of hydrogen-bond donors (Lipinski definition) is 0. The molecular formula is C39H28N2. The third-order valence-electron chi connectivity index (χ3n) is 8.19. The van der Waals surface area contributed by atoms with Gasteiger partial charge in [-0.15, -0.1) is 0 Å². The van der Waals surface area contributed by atoms with Crippen LogP contribution in [0.2, 0.25) is 0 Å². The van der Waals surface area contributed by atoms with Gasteiger partial charge in [-0.3, -0.25) is 0 Å². The lowest BCUT2D eigenvalue weighted by atomic mass is 10.1. The molecule has 0 bridgehead atoms. The van der Waals surface area contributed by atoms with Crippen molar-refractivity contribution in [3.63, 3.8) is 0 Å². The summed E-state index contributed by atoms with van der Waals surface area (Å²) < 4.78 is 4.87. The highest BCUT2D eigenvalue weighted by Gasteiger charge is 2.19. The van der Waals surface area contributed by atoms with E-state index in [9.17, 15) is 0 Å². The standard InChI is InChI=1S/C39H28N2/c1-2-3-4-13-27-14-11-17-29(24-27)40-36-21-9-7-19-31(36)33-26-39-34(25-38(33)40)32-20-8-10-22-37(32)41(39)35-23-12-16-28-15-5-6-18-30(28)35/h2-26H,1H3/b3-2-,13-4-. The number of allylic oxidation sites excluding steroid dienone is 3. The Morgan fingerprint density at radius 2 is 1.07 bits per heavy atom. The van der Waals surface area contributed by atoms with E-state index in [-0.39, 0.29) is 0 Å². The van der Waals surface area contributed by atoms with Crippen LogP contribution in [0.25, 0.3) is 71.8 Å². The monoisotopic (exact) mass is 524 g/mol. The average Bonchev–Trinajstić information content (AvgIpc) is 3.52. The van der Waals surface area contributed by atoms with E-state index < -0.39 is 0 Å². The van der Waals surface area contributed by atoms with E-state index in [1.54, 1.807) is 0 Å². The van der Waals surface area contributed by atoms with E-state index in [0.717, 1.165) is 5.69 Å². The summed E-state index contributed by atoms with van der Waals surface area (Å²) in [5.74, 6) is 0. The molecule has 0 saturated heterocycles. The van der Waals surface area contributed by atoms with Crippen molar-refractivity contribution in [2.24, 2.45) is 0 Å². The van der Waals surface area contributed by atoms with Gasteiger partial charge in [-0.05, 0) is 60.3 Å². The first kappa shape index (κ1) is 23.5. The van der Waals surface area contributed by atoms with Gasteiger partial charge in [-0.25, -0.2) is 0 Å². The molecule has 2 heterocycles. The highest BCUT2D eigenvalue weighted by Crippen LogP contribution is 2.40. The SMILES string of the molecule is C/C=C\C=C/c1cccc(-n2c3ccccc3c3cc4c(cc32)c2ccccc2n4-c2cccc3ccccc23)c1. The van der Waals surface area contributed by atoms with Gasteiger partial charge in [0.05, 0.1) is 27.8 Å². The number of fused-ring (bicyclic) bond motifs is 7. The Hall–Kier alpha value is -5.34. The first-order chi connectivity index (χ1) is 20.3. The molecule has 0 aliphatic carbocycles. The summed E-state index contributed by atoms with van der Waals surface area (Å²) in [7, 11) is 0. The maximum atomic E-state index is 2.45. The van der Waals surface area contributed by atoms with Gasteiger partial charge in [0.2, 0.25) is 0 Å². The second-order valence-electron chi connectivity index (χ2n) is 10.6. The van der Waals surface area contributed by atoms with Crippen molar-refractivity contribution >= 4 is 60.5 Å². The zero-order chi connectivity index (χ0) is 27.3. The van der Waals surface area contributed by atoms with Gasteiger partial charge in [0, 0.05) is 32.6 Å². The average molecular weight is 525 g/mol. The lowest BCUT2D eigenvalue weighted by molar-refractivity contribution is 1.18. The molecule has 0 aliphatic rings. The molecule has 0 amide bonds. The summed E-state index contributed by atoms with van der Waals surface area (Å²) in [5, 5.41) is 7.53. The molecule has 41 heavy (non-hydrogen) atoms. The number of aromatic nitrogens is 2. The van der Waals surface area contributed by atoms with Crippen molar-refractivity contribution in [1.29, 1.82) is 0 Å². The predicted octanol–water partition coefficient (Wildman–Crippen LogP) is 10.6. The number of rotatable bonds is 4. The summed E-state index contributed by atoms with van der Waals surface area (Å²) in [6, 6.07) is 46.4. The Kier molecular flexibility index (Phi) is 5.39. The van der Waals surface area contributed by atoms with Gasteiger partial charge in [-0.1, -0.05) is 109 Å². The second kappa shape index (κ2) is 9.39.